The van der Waals surface area contributed by atoms with Gasteiger partial charge in [-0.3, -0.25) is 4.79 Å². The zero-order valence-corrected chi connectivity index (χ0v) is 15.3. The molecule has 1 aliphatic rings. The molecule has 2 aromatic heterocycles. The molecule has 0 unspecified atom stereocenters. The fourth-order valence-corrected chi connectivity index (χ4v) is 4.33. The van der Waals surface area contributed by atoms with Crippen molar-refractivity contribution < 1.29 is 9.21 Å². The van der Waals surface area contributed by atoms with Gasteiger partial charge in [-0.2, -0.15) is 0 Å². The van der Waals surface area contributed by atoms with Crippen LogP contribution >= 0.6 is 11.3 Å². The van der Waals surface area contributed by atoms with Crippen LogP contribution in [0.3, 0.4) is 0 Å². The standard InChI is InChI=1S/C19H21N3O2S/c1-11(2)6-18-21-22-19(25-18)20-17(23)9-14-10-24-16-8-13-5-3-4-12(13)7-15(14)16/h7-8,10-11H,3-6,9H2,1-2H3,(H,20,22,23). The van der Waals surface area contributed by atoms with Crippen LogP contribution in [0, 0.1) is 5.92 Å². The van der Waals surface area contributed by atoms with Crippen LogP contribution in [-0.2, 0) is 30.5 Å². The topological polar surface area (TPSA) is 68.0 Å². The number of aromatic nitrogens is 2. The van der Waals surface area contributed by atoms with Crippen molar-refractivity contribution in [1.29, 1.82) is 0 Å². The minimum absolute atomic E-state index is 0.0876. The van der Waals surface area contributed by atoms with E-state index in [0.717, 1.165) is 40.8 Å². The Balaban J connectivity index is 1.47. The Bertz CT molecular complexity index is 926. The van der Waals surface area contributed by atoms with E-state index < -0.39 is 0 Å². The highest BCUT2D eigenvalue weighted by atomic mass is 32.1. The summed E-state index contributed by atoms with van der Waals surface area (Å²) in [6.45, 7) is 4.28. The predicted molar refractivity (Wildman–Crippen MR) is 99.0 cm³/mol. The molecule has 25 heavy (non-hydrogen) atoms. The minimum atomic E-state index is -0.0876. The molecule has 1 N–H and O–H groups in total. The summed E-state index contributed by atoms with van der Waals surface area (Å²) in [6, 6.07) is 4.32. The molecule has 1 aliphatic carbocycles. The van der Waals surface area contributed by atoms with Gasteiger partial charge in [0.2, 0.25) is 11.0 Å². The molecule has 4 rings (SSSR count). The van der Waals surface area contributed by atoms with E-state index in [2.05, 4.69) is 41.5 Å². The van der Waals surface area contributed by atoms with Gasteiger partial charge in [-0.15, -0.1) is 10.2 Å². The number of rotatable bonds is 5. The largest absolute Gasteiger partial charge is 0.464 e. The third-order valence-electron chi connectivity index (χ3n) is 4.52. The van der Waals surface area contributed by atoms with Gasteiger partial charge in [0.05, 0.1) is 12.7 Å². The van der Waals surface area contributed by atoms with Gasteiger partial charge in [-0.05, 0) is 48.4 Å². The van der Waals surface area contributed by atoms with Crippen LogP contribution < -0.4 is 5.32 Å². The first kappa shape index (κ1) is 16.3. The molecule has 0 bridgehead atoms. The molecular weight excluding hydrogens is 334 g/mol. The summed E-state index contributed by atoms with van der Waals surface area (Å²) < 4.78 is 5.67. The Morgan fingerprint density at radius 3 is 2.88 bits per heavy atom. The average molecular weight is 355 g/mol. The molecule has 0 radical (unpaired) electrons. The van der Waals surface area contributed by atoms with Crippen molar-refractivity contribution >= 4 is 33.3 Å². The molecule has 2 heterocycles. The monoisotopic (exact) mass is 355 g/mol. The molecule has 3 aromatic rings. The lowest BCUT2D eigenvalue weighted by molar-refractivity contribution is -0.115. The highest BCUT2D eigenvalue weighted by Crippen LogP contribution is 2.30. The van der Waals surface area contributed by atoms with Crippen LogP contribution in [0.15, 0.2) is 22.8 Å². The molecule has 0 atom stereocenters. The number of hydrogen-bond donors (Lipinski definition) is 1. The van der Waals surface area contributed by atoms with E-state index in [1.54, 1.807) is 6.26 Å². The van der Waals surface area contributed by atoms with E-state index >= 15 is 0 Å². The quantitative estimate of drug-likeness (QED) is 0.746. The number of furan rings is 1. The van der Waals surface area contributed by atoms with Crippen molar-refractivity contribution in [3.05, 3.63) is 40.1 Å². The van der Waals surface area contributed by atoms with Crippen LogP contribution in [-0.4, -0.2) is 16.1 Å². The third kappa shape index (κ3) is 3.44. The van der Waals surface area contributed by atoms with Gasteiger partial charge in [-0.25, -0.2) is 0 Å². The van der Waals surface area contributed by atoms with Crippen LogP contribution in [0.5, 0.6) is 0 Å². The summed E-state index contributed by atoms with van der Waals surface area (Å²) in [5.41, 5.74) is 4.56. The normalized spacial score (nSPS) is 13.6. The molecule has 0 saturated heterocycles. The van der Waals surface area contributed by atoms with E-state index in [9.17, 15) is 4.79 Å². The number of nitrogens with one attached hydrogen (secondary N) is 1. The maximum absolute atomic E-state index is 12.4. The molecule has 5 nitrogen and oxygen atoms in total. The van der Waals surface area contributed by atoms with Gasteiger partial charge in [0, 0.05) is 17.4 Å². The summed E-state index contributed by atoms with van der Waals surface area (Å²) in [5, 5.41) is 13.6. The van der Waals surface area contributed by atoms with Crippen LogP contribution in [0.4, 0.5) is 5.13 Å². The molecular formula is C19H21N3O2S. The zero-order valence-electron chi connectivity index (χ0n) is 14.5. The number of amides is 1. The molecule has 0 aliphatic heterocycles. The van der Waals surface area contributed by atoms with E-state index in [1.165, 1.54) is 28.9 Å². The second-order valence-corrected chi connectivity index (χ2v) is 8.12. The number of fused-ring (bicyclic) bond motifs is 2. The highest BCUT2D eigenvalue weighted by Gasteiger charge is 2.17. The molecule has 0 spiro atoms. The number of carbonyl (C=O) groups is 1. The molecule has 6 heteroatoms. The van der Waals surface area contributed by atoms with Crippen LogP contribution in [0.1, 0.15) is 42.0 Å². The van der Waals surface area contributed by atoms with Gasteiger partial charge in [0.15, 0.2) is 0 Å². The Hall–Kier alpha value is -2.21. The van der Waals surface area contributed by atoms with Crippen LogP contribution in [0.2, 0.25) is 0 Å². The molecule has 1 amide bonds. The van der Waals surface area contributed by atoms with Crippen molar-refractivity contribution in [3.8, 4) is 0 Å². The predicted octanol–water partition coefficient (Wildman–Crippen LogP) is 4.15. The molecule has 0 saturated carbocycles. The van der Waals surface area contributed by atoms with Gasteiger partial charge in [0.1, 0.15) is 10.6 Å². The highest BCUT2D eigenvalue weighted by molar-refractivity contribution is 7.15. The van der Waals surface area contributed by atoms with E-state index in [4.69, 9.17) is 4.42 Å². The Morgan fingerprint density at radius 1 is 1.28 bits per heavy atom. The fraction of sp³-hybridized carbons (Fsp3) is 0.421. The molecule has 1 aromatic carbocycles. The molecule has 130 valence electrons. The lowest BCUT2D eigenvalue weighted by atomic mass is 10.0. The fourth-order valence-electron chi connectivity index (χ4n) is 3.36. The van der Waals surface area contributed by atoms with E-state index in [1.807, 2.05) is 0 Å². The summed E-state index contributed by atoms with van der Waals surface area (Å²) >= 11 is 1.44. The maximum atomic E-state index is 12.4. The minimum Gasteiger partial charge on any atom is -0.464 e. The van der Waals surface area contributed by atoms with Crippen molar-refractivity contribution in [2.24, 2.45) is 5.92 Å². The number of hydrogen-bond acceptors (Lipinski definition) is 5. The Labute approximate surface area is 150 Å². The van der Waals surface area contributed by atoms with Gasteiger partial charge >= 0.3 is 0 Å². The Morgan fingerprint density at radius 2 is 2.08 bits per heavy atom. The number of benzene rings is 1. The second kappa shape index (κ2) is 6.59. The zero-order chi connectivity index (χ0) is 17.4. The summed E-state index contributed by atoms with van der Waals surface area (Å²) in [5.74, 6) is 0.436. The number of anilines is 1. The summed E-state index contributed by atoms with van der Waals surface area (Å²) in [6.07, 6.45) is 6.30. The van der Waals surface area contributed by atoms with Crippen molar-refractivity contribution in [2.45, 2.75) is 46.0 Å². The van der Waals surface area contributed by atoms with E-state index in [0.29, 0.717) is 11.0 Å². The number of aryl methyl sites for hydroxylation is 2. The number of nitrogens with zero attached hydrogens (tertiary/aromatic N) is 2. The van der Waals surface area contributed by atoms with Crippen LogP contribution in [0.25, 0.3) is 11.0 Å². The van der Waals surface area contributed by atoms with Crippen molar-refractivity contribution in [3.63, 3.8) is 0 Å². The maximum Gasteiger partial charge on any atom is 0.230 e. The average Bonchev–Trinajstić information content (AvgIpc) is 3.26. The molecule has 0 fully saturated rings. The van der Waals surface area contributed by atoms with Crippen molar-refractivity contribution in [1.82, 2.24) is 10.2 Å². The van der Waals surface area contributed by atoms with Gasteiger partial charge < -0.3 is 9.73 Å². The Kier molecular flexibility index (Phi) is 4.29. The first-order chi connectivity index (χ1) is 12.1. The van der Waals surface area contributed by atoms with Crippen molar-refractivity contribution in [2.75, 3.05) is 5.32 Å². The third-order valence-corrected chi connectivity index (χ3v) is 5.38. The van der Waals surface area contributed by atoms with Gasteiger partial charge in [-0.1, -0.05) is 25.2 Å². The smallest absolute Gasteiger partial charge is 0.230 e. The number of carbonyl (C=O) groups excluding carboxylic acids is 1. The van der Waals surface area contributed by atoms with Gasteiger partial charge in [0.25, 0.3) is 0 Å². The SMILES string of the molecule is CC(C)Cc1nnc(NC(=O)Cc2coc3cc4c(cc23)CCC4)s1. The van der Waals surface area contributed by atoms with E-state index in [-0.39, 0.29) is 12.3 Å². The lowest BCUT2D eigenvalue weighted by Gasteiger charge is -2.02. The first-order valence-electron chi connectivity index (χ1n) is 8.72. The summed E-state index contributed by atoms with van der Waals surface area (Å²) in [7, 11) is 0. The lowest BCUT2D eigenvalue weighted by Crippen LogP contribution is -2.14. The summed E-state index contributed by atoms with van der Waals surface area (Å²) in [4.78, 5) is 12.4. The second-order valence-electron chi connectivity index (χ2n) is 7.06. The first-order valence-corrected chi connectivity index (χ1v) is 9.54.